The molecule has 2 aromatic carbocycles. The van der Waals surface area contributed by atoms with Gasteiger partial charge in [0.05, 0.1) is 12.3 Å². The summed E-state index contributed by atoms with van der Waals surface area (Å²) < 4.78 is 5.35. The summed E-state index contributed by atoms with van der Waals surface area (Å²) >= 11 is 6.09. The van der Waals surface area contributed by atoms with Gasteiger partial charge >= 0.3 is 6.03 Å². The predicted molar refractivity (Wildman–Crippen MR) is 98.1 cm³/mol. The lowest BCUT2D eigenvalue weighted by atomic mass is 10.1. The Kier molecular flexibility index (Phi) is 5.04. The topological polar surface area (TPSA) is 75.7 Å². The number of ether oxygens (including phenoxy) is 1. The monoisotopic (exact) mass is 370 g/mol. The second-order valence-corrected chi connectivity index (χ2v) is 5.81. The number of nitrogens with zero attached hydrogens (tertiary/aromatic N) is 1. The minimum atomic E-state index is -0.805. The maximum Gasteiger partial charge on any atom is 0.335 e. The van der Waals surface area contributed by atoms with Crippen LogP contribution in [0.15, 0.2) is 54.1 Å². The van der Waals surface area contributed by atoms with Crippen molar-refractivity contribution in [2.75, 3.05) is 11.5 Å². The maximum atomic E-state index is 12.8. The van der Waals surface area contributed by atoms with Crippen LogP contribution in [0.2, 0.25) is 5.02 Å². The Morgan fingerprint density at radius 3 is 2.42 bits per heavy atom. The lowest BCUT2D eigenvalue weighted by Gasteiger charge is -2.26. The number of urea groups is 1. The van der Waals surface area contributed by atoms with Crippen molar-refractivity contribution >= 4 is 41.2 Å². The van der Waals surface area contributed by atoms with Crippen molar-refractivity contribution in [1.82, 2.24) is 5.32 Å². The van der Waals surface area contributed by atoms with Crippen LogP contribution in [0.25, 0.3) is 6.08 Å². The Morgan fingerprint density at radius 1 is 1.08 bits per heavy atom. The van der Waals surface area contributed by atoms with E-state index < -0.39 is 17.8 Å². The van der Waals surface area contributed by atoms with Gasteiger partial charge in [0.2, 0.25) is 0 Å². The molecule has 0 bridgehead atoms. The molecule has 0 unspecified atom stereocenters. The fourth-order valence-electron chi connectivity index (χ4n) is 2.50. The number of carbonyl (C=O) groups excluding carboxylic acids is 3. The van der Waals surface area contributed by atoms with Gasteiger partial charge in [0.15, 0.2) is 0 Å². The molecular weight excluding hydrogens is 356 g/mol. The Balaban J connectivity index is 1.97. The SMILES string of the molecule is CCOc1ccc(N2C(=O)NC(=O)/C(=C\c3ccccc3Cl)C2=O)cc1. The molecule has 7 heteroatoms. The Morgan fingerprint density at radius 2 is 1.77 bits per heavy atom. The minimum absolute atomic E-state index is 0.174. The smallest absolute Gasteiger partial charge is 0.335 e. The number of benzene rings is 2. The van der Waals surface area contributed by atoms with E-state index in [2.05, 4.69) is 5.32 Å². The fraction of sp³-hybridized carbons (Fsp3) is 0.105. The van der Waals surface area contributed by atoms with Crippen molar-refractivity contribution < 1.29 is 19.1 Å². The second kappa shape index (κ2) is 7.41. The number of nitrogens with one attached hydrogen (secondary N) is 1. The van der Waals surface area contributed by atoms with Crippen LogP contribution in [0.3, 0.4) is 0 Å². The molecule has 0 saturated carbocycles. The summed E-state index contributed by atoms with van der Waals surface area (Å²) in [6.45, 7) is 2.36. The van der Waals surface area contributed by atoms with Gasteiger partial charge < -0.3 is 4.74 Å². The molecule has 0 aromatic heterocycles. The number of halogens is 1. The quantitative estimate of drug-likeness (QED) is 0.661. The van der Waals surface area contributed by atoms with E-state index in [4.69, 9.17) is 16.3 Å². The van der Waals surface area contributed by atoms with Gasteiger partial charge in [-0.25, -0.2) is 9.69 Å². The molecule has 3 rings (SSSR count). The van der Waals surface area contributed by atoms with Crippen molar-refractivity contribution in [3.05, 3.63) is 64.7 Å². The maximum absolute atomic E-state index is 12.8. The number of carbonyl (C=O) groups is 3. The van der Waals surface area contributed by atoms with Gasteiger partial charge in [-0.05, 0) is 48.9 Å². The number of hydrogen-bond donors (Lipinski definition) is 1. The molecule has 0 spiro atoms. The van der Waals surface area contributed by atoms with E-state index in [1.54, 1.807) is 48.5 Å². The van der Waals surface area contributed by atoms with Gasteiger partial charge in [0.1, 0.15) is 11.3 Å². The van der Waals surface area contributed by atoms with Crippen LogP contribution in [-0.4, -0.2) is 24.5 Å². The van der Waals surface area contributed by atoms with E-state index in [-0.39, 0.29) is 5.57 Å². The summed E-state index contributed by atoms with van der Waals surface area (Å²) in [6, 6.07) is 12.4. The molecule has 0 aliphatic carbocycles. The molecule has 6 nitrogen and oxygen atoms in total. The highest BCUT2D eigenvalue weighted by molar-refractivity contribution is 6.39. The van der Waals surface area contributed by atoms with Crippen LogP contribution >= 0.6 is 11.6 Å². The van der Waals surface area contributed by atoms with E-state index >= 15 is 0 Å². The van der Waals surface area contributed by atoms with Gasteiger partial charge in [0.25, 0.3) is 11.8 Å². The first-order chi connectivity index (χ1) is 12.5. The number of anilines is 1. The third-order valence-electron chi connectivity index (χ3n) is 3.71. The van der Waals surface area contributed by atoms with Gasteiger partial charge in [0, 0.05) is 5.02 Å². The number of barbiturate groups is 1. The summed E-state index contributed by atoms with van der Waals surface area (Å²) in [5.41, 5.74) is 0.661. The molecular formula is C19H15ClN2O4. The zero-order valence-electron chi connectivity index (χ0n) is 13.9. The molecule has 2 aromatic rings. The highest BCUT2D eigenvalue weighted by Crippen LogP contribution is 2.25. The summed E-state index contributed by atoms with van der Waals surface area (Å²) in [5, 5.41) is 2.57. The first kappa shape index (κ1) is 17.7. The van der Waals surface area contributed by atoms with Crippen molar-refractivity contribution in [3.63, 3.8) is 0 Å². The fourth-order valence-corrected chi connectivity index (χ4v) is 2.69. The van der Waals surface area contributed by atoms with Crippen molar-refractivity contribution in [2.45, 2.75) is 6.92 Å². The average Bonchev–Trinajstić information content (AvgIpc) is 2.61. The lowest BCUT2D eigenvalue weighted by molar-refractivity contribution is -0.122. The number of imide groups is 2. The molecule has 1 aliphatic rings. The van der Waals surface area contributed by atoms with E-state index in [1.165, 1.54) is 6.08 Å². The number of hydrogen-bond acceptors (Lipinski definition) is 4. The minimum Gasteiger partial charge on any atom is -0.494 e. The molecule has 1 fully saturated rings. The highest BCUT2D eigenvalue weighted by atomic mass is 35.5. The van der Waals surface area contributed by atoms with Crippen LogP contribution in [-0.2, 0) is 9.59 Å². The standard InChI is InChI=1S/C19H15ClN2O4/c1-2-26-14-9-7-13(8-10-14)22-18(24)15(17(23)21-19(22)25)11-12-5-3-4-6-16(12)20/h3-11H,2H2,1H3,(H,21,23,25)/b15-11+. The molecule has 26 heavy (non-hydrogen) atoms. The normalized spacial score (nSPS) is 16.0. The van der Waals surface area contributed by atoms with Crippen molar-refractivity contribution in [3.8, 4) is 5.75 Å². The molecule has 1 saturated heterocycles. The highest BCUT2D eigenvalue weighted by Gasteiger charge is 2.36. The molecule has 1 heterocycles. The Bertz CT molecular complexity index is 906. The predicted octanol–water partition coefficient (Wildman–Crippen LogP) is 3.41. The molecule has 4 amide bonds. The first-order valence-electron chi connectivity index (χ1n) is 7.90. The first-order valence-corrected chi connectivity index (χ1v) is 8.28. The van der Waals surface area contributed by atoms with Crippen LogP contribution in [0.4, 0.5) is 10.5 Å². The van der Waals surface area contributed by atoms with E-state index in [0.717, 1.165) is 4.90 Å². The molecule has 0 radical (unpaired) electrons. The zero-order valence-corrected chi connectivity index (χ0v) is 14.6. The summed E-state index contributed by atoms with van der Waals surface area (Å²) in [5.74, 6) is -0.867. The van der Waals surface area contributed by atoms with Gasteiger partial charge in [-0.1, -0.05) is 29.8 Å². The van der Waals surface area contributed by atoms with Crippen molar-refractivity contribution in [1.29, 1.82) is 0 Å². The van der Waals surface area contributed by atoms with Crippen LogP contribution in [0, 0.1) is 0 Å². The molecule has 132 valence electrons. The number of rotatable bonds is 4. The third-order valence-corrected chi connectivity index (χ3v) is 4.06. The molecule has 1 aliphatic heterocycles. The molecule has 0 atom stereocenters. The van der Waals surface area contributed by atoms with Crippen molar-refractivity contribution in [2.24, 2.45) is 0 Å². The summed E-state index contributed by atoms with van der Waals surface area (Å²) in [7, 11) is 0. The molecule has 1 N–H and O–H groups in total. The zero-order chi connectivity index (χ0) is 18.7. The summed E-state index contributed by atoms with van der Waals surface area (Å²) in [6.07, 6.45) is 1.37. The third kappa shape index (κ3) is 3.45. The van der Waals surface area contributed by atoms with E-state index in [9.17, 15) is 14.4 Å². The Hall–Kier alpha value is -3.12. The van der Waals surface area contributed by atoms with Crippen LogP contribution in [0.1, 0.15) is 12.5 Å². The Labute approximate surface area is 155 Å². The average molecular weight is 371 g/mol. The summed E-state index contributed by atoms with van der Waals surface area (Å²) in [4.78, 5) is 38.0. The van der Waals surface area contributed by atoms with Gasteiger partial charge in [-0.15, -0.1) is 0 Å². The lowest BCUT2D eigenvalue weighted by Crippen LogP contribution is -2.54. The van der Waals surface area contributed by atoms with Crippen LogP contribution in [0.5, 0.6) is 5.75 Å². The second-order valence-electron chi connectivity index (χ2n) is 5.41. The van der Waals surface area contributed by atoms with E-state index in [1.807, 2.05) is 6.92 Å². The van der Waals surface area contributed by atoms with E-state index in [0.29, 0.717) is 28.6 Å². The van der Waals surface area contributed by atoms with Gasteiger partial charge in [-0.3, -0.25) is 14.9 Å². The van der Waals surface area contributed by atoms with Crippen LogP contribution < -0.4 is 15.0 Å². The number of amides is 4. The van der Waals surface area contributed by atoms with Gasteiger partial charge in [-0.2, -0.15) is 0 Å². The largest absolute Gasteiger partial charge is 0.494 e.